The molecule has 0 atom stereocenters. The van der Waals surface area contributed by atoms with Crippen molar-refractivity contribution in [2.45, 2.75) is 17.6 Å². The molecule has 0 unspecified atom stereocenters. The van der Waals surface area contributed by atoms with Gasteiger partial charge < -0.3 is 10.3 Å². The summed E-state index contributed by atoms with van der Waals surface area (Å²) < 4.78 is 28.0. The number of amides is 1. The van der Waals surface area contributed by atoms with Crippen LogP contribution in [0.4, 0.5) is 5.69 Å². The Hall–Kier alpha value is -2.32. The molecule has 0 radical (unpaired) electrons. The molecule has 1 aromatic carbocycles. The lowest BCUT2D eigenvalue weighted by Crippen LogP contribution is -2.31. The quantitative estimate of drug-likeness (QED) is 0.670. The zero-order valence-corrected chi connectivity index (χ0v) is 14.5. The number of hydrogen-bond acceptors (Lipinski definition) is 4. The number of aromatic nitrogens is 1. The maximum absolute atomic E-state index is 12.5. The van der Waals surface area contributed by atoms with E-state index in [2.05, 4.69) is 15.0 Å². The van der Waals surface area contributed by atoms with Crippen molar-refractivity contribution in [3.8, 4) is 0 Å². The van der Waals surface area contributed by atoms with E-state index in [4.69, 9.17) is 0 Å². The third-order valence-electron chi connectivity index (χ3n) is 4.05. The summed E-state index contributed by atoms with van der Waals surface area (Å²) in [4.78, 5) is 15.1. The first-order valence-electron chi connectivity index (χ1n) is 7.45. The molecular weight excluding hydrogens is 346 g/mol. The highest BCUT2D eigenvalue weighted by Gasteiger charge is 2.24. The van der Waals surface area contributed by atoms with Crippen LogP contribution in [0, 0.1) is 6.92 Å². The summed E-state index contributed by atoms with van der Waals surface area (Å²) in [6, 6.07) is 7.01. The van der Waals surface area contributed by atoms with Crippen LogP contribution in [0.2, 0.25) is 0 Å². The molecule has 0 saturated carbocycles. The van der Waals surface area contributed by atoms with Crippen molar-refractivity contribution >= 4 is 43.9 Å². The molecule has 3 heterocycles. The average molecular weight is 361 g/mol. The largest absolute Gasteiger partial charge is 0.350 e. The third kappa shape index (κ3) is 2.38. The summed E-state index contributed by atoms with van der Waals surface area (Å²) in [7, 11) is -3.65. The summed E-state index contributed by atoms with van der Waals surface area (Å²) in [5, 5.41) is 5.41. The first kappa shape index (κ1) is 15.2. The van der Waals surface area contributed by atoms with Crippen molar-refractivity contribution < 1.29 is 13.2 Å². The number of benzene rings is 1. The second kappa shape index (κ2) is 5.35. The number of fused-ring (bicyclic) bond motifs is 3. The van der Waals surface area contributed by atoms with E-state index in [1.165, 1.54) is 0 Å². The van der Waals surface area contributed by atoms with Crippen LogP contribution in [-0.2, 0) is 16.4 Å². The molecule has 3 aromatic rings. The molecule has 0 aliphatic carbocycles. The van der Waals surface area contributed by atoms with Crippen LogP contribution < -0.4 is 10.0 Å². The molecule has 4 rings (SSSR count). The number of aromatic amines is 1. The van der Waals surface area contributed by atoms with Crippen molar-refractivity contribution in [2.24, 2.45) is 0 Å². The number of aryl methyl sites for hydroxylation is 1. The summed E-state index contributed by atoms with van der Waals surface area (Å²) in [5.74, 6) is -0.155. The Kier molecular flexibility index (Phi) is 3.40. The number of carbonyl (C=O) groups is 1. The van der Waals surface area contributed by atoms with Crippen LogP contribution in [-0.4, -0.2) is 25.9 Å². The van der Waals surface area contributed by atoms with E-state index in [-0.39, 0.29) is 10.1 Å². The summed E-state index contributed by atoms with van der Waals surface area (Å²) in [6.45, 7) is 2.49. The normalized spacial score (nSPS) is 14.5. The monoisotopic (exact) mass is 361 g/mol. The number of sulfonamides is 1. The lowest BCUT2D eigenvalue weighted by Gasteiger charge is -2.12. The van der Waals surface area contributed by atoms with Crippen LogP contribution in [0.25, 0.3) is 10.9 Å². The van der Waals surface area contributed by atoms with Crippen molar-refractivity contribution in [1.82, 2.24) is 10.3 Å². The number of hydrogen-bond donors (Lipinski definition) is 3. The van der Waals surface area contributed by atoms with E-state index in [9.17, 15) is 13.2 Å². The minimum Gasteiger partial charge on any atom is -0.350 e. The lowest BCUT2D eigenvalue weighted by molar-refractivity contribution is 0.0942. The standard InChI is InChI=1S/C16H15N3O3S2/c1-9-7-11-10-4-5-17-16(20)15(10)18-14(11)12(8-9)19-24(21,22)13-3-2-6-23-13/h2-3,6-8,18-19H,4-5H2,1H3,(H,17,20). The molecule has 8 heteroatoms. The molecule has 0 bridgehead atoms. The summed E-state index contributed by atoms with van der Waals surface area (Å²) in [5.41, 5.74) is 3.48. The predicted molar refractivity (Wildman–Crippen MR) is 94.2 cm³/mol. The van der Waals surface area contributed by atoms with Gasteiger partial charge in [0.25, 0.3) is 15.9 Å². The minimum absolute atomic E-state index is 0.155. The highest BCUT2D eigenvalue weighted by molar-refractivity contribution is 7.94. The van der Waals surface area contributed by atoms with Gasteiger partial charge in [-0.15, -0.1) is 11.3 Å². The number of anilines is 1. The maximum atomic E-state index is 12.5. The van der Waals surface area contributed by atoms with Gasteiger partial charge in [0, 0.05) is 11.9 Å². The highest BCUT2D eigenvalue weighted by atomic mass is 32.2. The molecule has 1 amide bonds. The number of thiophene rings is 1. The smallest absolute Gasteiger partial charge is 0.271 e. The molecule has 1 aliphatic rings. The molecule has 2 aromatic heterocycles. The Morgan fingerprint density at radius 1 is 1.29 bits per heavy atom. The topological polar surface area (TPSA) is 91.1 Å². The van der Waals surface area contributed by atoms with E-state index in [1.807, 2.05) is 13.0 Å². The molecule has 0 fully saturated rings. The summed E-state index contributed by atoms with van der Waals surface area (Å²) >= 11 is 1.16. The molecule has 124 valence electrons. The summed E-state index contributed by atoms with van der Waals surface area (Å²) in [6.07, 6.45) is 0.724. The zero-order valence-electron chi connectivity index (χ0n) is 12.8. The van der Waals surface area contributed by atoms with Gasteiger partial charge in [-0.1, -0.05) is 6.07 Å². The Balaban J connectivity index is 1.89. The van der Waals surface area contributed by atoms with Gasteiger partial charge >= 0.3 is 0 Å². The number of rotatable bonds is 3. The van der Waals surface area contributed by atoms with Gasteiger partial charge in [0.1, 0.15) is 9.90 Å². The Morgan fingerprint density at radius 3 is 2.88 bits per heavy atom. The van der Waals surface area contributed by atoms with Crippen molar-refractivity contribution in [1.29, 1.82) is 0 Å². The van der Waals surface area contributed by atoms with Crippen LogP contribution in [0.3, 0.4) is 0 Å². The van der Waals surface area contributed by atoms with Crippen LogP contribution in [0.5, 0.6) is 0 Å². The van der Waals surface area contributed by atoms with Crippen molar-refractivity contribution in [2.75, 3.05) is 11.3 Å². The first-order chi connectivity index (χ1) is 11.5. The Labute approximate surface area is 142 Å². The number of nitrogens with one attached hydrogen (secondary N) is 3. The molecular formula is C16H15N3O3S2. The molecule has 3 N–H and O–H groups in total. The Bertz CT molecular complexity index is 1050. The van der Waals surface area contributed by atoms with Gasteiger partial charge in [-0.25, -0.2) is 8.42 Å². The Morgan fingerprint density at radius 2 is 2.12 bits per heavy atom. The van der Waals surface area contributed by atoms with E-state index in [1.54, 1.807) is 23.6 Å². The van der Waals surface area contributed by atoms with Crippen molar-refractivity contribution in [3.05, 3.63) is 46.5 Å². The molecule has 0 spiro atoms. The second-order valence-corrected chi connectivity index (χ2v) is 8.61. The molecule has 1 aliphatic heterocycles. The third-order valence-corrected chi connectivity index (χ3v) is 6.81. The van der Waals surface area contributed by atoms with Crippen molar-refractivity contribution in [3.63, 3.8) is 0 Å². The fourth-order valence-corrected chi connectivity index (χ4v) is 5.08. The number of H-pyrrole nitrogens is 1. The van der Waals surface area contributed by atoms with Gasteiger partial charge in [0.2, 0.25) is 0 Å². The molecule has 24 heavy (non-hydrogen) atoms. The molecule has 0 saturated heterocycles. The fraction of sp³-hybridized carbons (Fsp3) is 0.188. The molecule has 6 nitrogen and oxygen atoms in total. The van der Waals surface area contributed by atoms with Crippen LogP contribution in [0.15, 0.2) is 33.9 Å². The van der Waals surface area contributed by atoms with Gasteiger partial charge in [-0.3, -0.25) is 9.52 Å². The van der Waals surface area contributed by atoms with Gasteiger partial charge in [0.15, 0.2) is 0 Å². The van der Waals surface area contributed by atoms with Crippen LogP contribution >= 0.6 is 11.3 Å². The van der Waals surface area contributed by atoms with Gasteiger partial charge in [0.05, 0.1) is 11.2 Å². The second-order valence-electron chi connectivity index (χ2n) is 5.76. The fourth-order valence-electron chi connectivity index (χ4n) is 3.03. The SMILES string of the molecule is Cc1cc(NS(=O)(=O)c2cccs2)c2[nH]c3c(c2c1)CCNC3=O. The zero-order chi connectivity index (χ0) is 16.9. The predicted octanol–water partition coefficient (Wildman–Crippen LogP) is 2.62. The first-order valence-corrected chi connectivity index (χ1v) is 9.82. The lowest BCUT2D eigenvalue weighted by atomic mass is 10.0. The van der Waals surface area contributed by atoms with E-state index in [0.29, 0.717) is 23.4 Å². The highest BCUT2D eigenvalue weighted by Crippen LogP contribution is 2.33. The average Bonchev–Trinajstić information content (AvgIpc) is 3.16. The van der Waals surface area contributed by atoms with E-state index < -0.39 is 10.0 Å². The minimum atomic E-state index is -3.65. The van der Waals surface area contributed by atoms with Gasteiger partial charge in [-0.2, -0.15) is 0 Å². The number of carbonyl (C=O) groups excluding carboxylic acids is 1. The van der Waals surface area contributed by atoms with Gasteiger partial charge in [-0.05, 0) is 48.1 Å². The van der Waals surface area contributed by atoms with E-state index in [0.717, 1.165) is 34.3 Å². The van der Waals surface area contributed by atoms with E-state index >= 15 is 0 Å². The maximum Gasteiger partial charge on any atom is 0.271 e. The van der Waals surface area contributed by atoms with Crippen LogP contribution in [0.1, 0.15) is 21.6 Å².